The molecule has 0 spiro atoms. The summed E-state index contributed by atoms with van der Waals surface area (Å²) in [6, 6.07) is 2.74. The number of primary sulfonamides is 1. The number of aromatic nitrogens is 4. The molecule has 4 rings (SSSR count). The minimum atomic E-state index is -5.08. The maximum absolute atomic E-state index is 13.0. The molecule has 0 saturated carbocycles. The number of ether oxygens (including phenoxy) is 1. The molecule has 1 unspecified atom stereocenters. The van der Waals surface area contributed by atoms with Gasteiger partial charge in [-0.3, -0.25) is 4.90 Å². The van der Waals surface area contributed by atoms with Crippen LogP contribution < -0.4 is 20.5 Å². The number of nitrogens with one attached hydrogen (secondary N) is 2. The summed E-state index contributed by atoms with van der Waals surface area (Å²) in [5.41, 5.74) is 5.65. The van der Waals surface area contributed by atoms with E-state index in [1.807, 2.05) is 4.90 Å². The van der Waals surface area contributed by atoms with Crippen molar-refractivity contribution in [3.63, 3.8) is 0 Å². The number of morpholine rings is 1. The summed E-state index contributed by atoms with van der Waals surface area (Å²) < 4.78 is 91.1. The second-order valence-corrected chi connectivity index (χ2v) is 12.1. The van der Waals surface area contributed by atoms with Crippen molar-refractivity contribution in [1.82, 2.24) is 30.2 Å². The molecule has 17 nitrogen and oxygen atoms in total. The van der Waals surface area contributed by atoms with Gasteiger partial charge in [-0.15, -0.1) is 10.2 Å². The fraction of sp³-hybridized carbons (Fsp3) is 0.579. The highest BCUT2D eigenvalue weighted by Gasteiger charge is 2.38. The Bertz CT molecular complexity index is 1430. The molecule has 1 aromatic carbocycles. The molecule has 41 heavy (non-hydrogen) atoms. The summed E-state index contributed by atoms with van der Waals surface area (Å²) in [6.07, 6.45) is -6.24. The number of hydrogen-bond donors (Lipinski definition) is 6. The van der Waals surface area contributed by atoms with Gasteiger partial charge in [0.05, 0.1) is 30.9 Å². The number of nitrogens with zero attached hydrogens (tertiary/aromatic N) is 5. The van der Waals surface area contributed by atoms with Crippen molar-refractivity contribution in [3.8, 4) is 11.4 Å². The Morgan fingerprint density at radius 1 is 1.24 bits per heavy atom. The number of tetrazole rings is 1. The SMILES string of the molecule is NC[C@@H](O)CNS(=O)(=O)c1ccc(N2CCN3CCOCC3C2)c(-c2nn[nH]n2)c1S(N)(=O)=O.O=C(O)C(F)(F)F. The van der Waals surface area contributed by atoms with E-state index in [1.165, 1.54) is 12.1 Å². The number of aliphatic carboxylic acids is 1. The molecule has 0 amide bonds. The molecule has 3 heterocycles. The fourth-order valence-electron chi connectivity index (χ4n) is 4.13. The number of H-pyrrole nitrogens is 1. The van der Waals surface area contributed by atoms with Crippen LogP contribution in [-0.4, -0.2) is 129 Å². The third-order valence-corrected chi connectivity index (χ3v) is 8.63. The van der Waals surface area contributed by atoms with E-state index in [0.717, 1.165) is 6.54 Å². The topological polar surface area (TPSA) is 260 Å². The Labute approximate surface area is 231 Å². The highest BCUT2D eigenvalue weighted by Crippen LogP contribution is 2.39. The van der Waals surface area contributed by atoms with Gasteiger partial charge in [0.25, 0.3) is 0 Å². The number of aliphatic hydroxyl groups is 1. The van der Waals surface area contributed by atoms with E-state index >= 15 is 0 Å². The zero-order chi connectivity index (χ0) is 30.6. The monoisotopic (exact) mass is 631 g/mol. The van der Waals surface area contributed by atoms with E-state index in [2.05, 4.69) is 30.2 Å². The molecular weight excluding hydrogens is 603 g/mol. The predicted molar refractivity (Wildman–Crippen MR) is 133 cm³/mol. The quantitative estimate of drug-likeness (QED) is 0.173. The van der Waals surface area contributed by atoms with Crippen LogP contribution >= 0.6 is 0 Å². The summed E-state index contributed by atoms with van der Waals surface area (Å²) in [7, 11) is -9.01. The molecule has 8 N–H and O–H groups in total. The maximum atomic E-state index is 13.0. The number of carboxylic acids is 1. The molecule has 0 bridgehead atoms. The van der Waals surface area contributed by atoms with E-state index in [9.17, 15) is 35.1 Å². The number of anilines is 1. The number of carboxylic acid groups (broad SMARTS) is 1. The average molecular weight is 632 g/mol. The fourth-order valence-corrected chi connectivity index (χ4v) is 6.79. The number of nitrogens with two attached hydrogens (primary N) is 2. The van der Waals surface area contributed by atoms with Gasteiger partial charge in [0.1, 0.15) is 9.79 Å². The van der Waals surface area contributed by atoms with E-state index < -0.39 is 54.6 Å². The Morgan fingerprint density at radius 2 is 1.93 bits per heavy atom. The minimum absolute atomic E-state index is 0.0799. The number of carbonyl (C=O) groups is 1. The summed E-state index contributed by atoms with van der Waals surface area (Å²) in [5, 5.41) is 35.9. The van der Waals surface area contributed by atoms with Gasteiger partial charge in [0, 0.05) is 45.0 Å². The molecule has 230 valence electrons. The normalized spacial score (nSPS) is 19.2. The number of benzene rings is 1. The largest absolute Gasteiger partial charge is 0.490 e. The molecule has 2 aromatic rings. The summed E-state index contributed by atoms with van der Waals surface area (Å²) >= 11 is 0. The average Bonchev–Trinajstić information content (AvgIpc) is 3.45. The van der Waals surface area contributed by atoms with Crippen molar-refractivity contribution in [2.75, 3.05) is 57.4 Å². The first-order valence-electron chi connectivity index (χ1n) is 11.7. The number of rotatable bonds is 8. The number of halogens is 3. The number of aromatic amines is 1. The molecule has 2 aliphatic rings. The van der Waals surface area contributed by atoms with Gasteiger partial charge in [-0.25, -0.2) is 31.5 Å². The van der Waals surface area contributed by atoms with Crippen molar-refractivity contribution >= 4 is 31.7 Å². The molecule has 0 radical (unpaired) electrons. The Kier molecular flexibility index (Phi) is 10.2. The van der Waals surface area contributed by atoms with Crippen LogP contribution in [-0.2, 0) is 29.6 Å². The van der Waals surface area contributed by atoms with Crippen molar-refractivity contribution in [3.05, 3.63) is 12.1 Å². The van der Waals surface area contributed by atoms with Gasteiger partial charge in [-0.1, -0.05) is 0 Å². The van der Waals surface area contributed by atoms with Crippen molar-refractivity contribution in [2.24, 2.45) is 10.9 Å². The zero-order valence-corrected chi connectivity index (χ0v) is 22.8. The van der Waals surface area contributed by atoms with Crippen LogP contribution in [0.2, 0.25) is 0 Å². The predicted octanol–water partition coefficient (Wildman–Crippen LogP) is -2.73. The standard InChI is InChI=1S/C17H27N9O6S2.C2HF3O2/c18-7-12(27)8-20-34(30,31)14-2-1-13(26-4-3-25-5-6-32-10-11(25)9-26)15(16(14)33(19,28)29)17-21-23-24-22-17;3-2(4,5)1(6)7/h1-2,11-12,20,27H,3-10,18H2,(H2,19,28,29)(H,21,22,23,24);(H,6,7)/t11?,12-;/m1./s1. The van der Waals surface area contributed by atoms with E-state index in [0.29, 0.717) is 38.5 Å². The van der Waals surface area contributed by atoms with Gasteiger partial charge in [0.2, 0.25) is 25.9 Å². The lowest BCUT2D eigenvalue weighted by Crippen LogP contribution is -2.58. The summed E-state index contributed by atoms with van der Waals surface area (Å²) in [6.45, 7) is 3.16. The minimum Gasteiger partial charge on any atom is -0.475 e. The second-order valence-electron chi connectivity index (χ2n) is 8.82. The van der Waals surface area contributed by atoms with Crippen molar-refractivity contribution in [1.29, 1.82) is 0 Å². The number of piperazine rings is 1. The van der Waals surface area contributed by atoms with E-state index in [4.69, 9.17) is 25.5 Å². The van der Waals surface area contributed by atoms with Crippen LogP contribution in [0.3, 0.4) is 0 Å². The van der Waals surface area contributed by atoms with Crippen molar-refractivity contribution < 1.29 is 49.8 Å². The lowest BCUT2D eigenvalue weighted by atomic mass is 10.1. The Morgan fingerprint density at radius 3 is 2.49 bits per heavy atom. The van der Waals surface area contributed by atoms with Gasteiger partial charge < -0.3 is 25.6 Å². The van der Waals surface area contributed by atoms with E-state index in [-0.39, 0.29) is 24.0 Å². The van der Waals surface area contributed by atoms with Crippen LogP contribution in [0.4, 0.5) is 18.9 Å². The van der Waals surface area contributed by atoms with Crippen LogP contribution in [0.1, 0.15) is 0 Å². The first-order valence-corrected chi connectivity index (χ1v) is 14.8. The highest BCUT2D eigenvalue weighted by molar-refractivity contribution is 7.92. The smallest absolute Gasteiger partial charge is 0.475 e. The molecule has 2 saturated heterocycles. The van der Waals surface area contributed by atoms with Crippen LogP contribution in [0.25, 0.3) is 11.4 Å². The first kappa shape index (κ1) is 32.5. The number of sulfonamides is 2. The molecular formula is C19H28F3N9O8S2. The number of alkyl halides is 3. The number of hydrogen-bond acceptors (Lipinski definition) is 13. The summed E-state index contributed by atoms with van der Waals surface area (Å²) in [4.78, 5) is 11.9. The van der Waals surface area contributed by atoms with Crippen LogP contribution in [0.15, 0.2) is 21.9 Å². The highest BCUT2D eigenvalue weighted by atomic mass is 32.2. The Balaban J connectivity index is 0.000000587. The van der Waals surface area contributed by atoms with Crippen molar-refractivity contribution in [2.45, 2.75) is 28.1 Å². The second kappa shape index (κ2) is 12.9. The van der Waals surface area contributed by atoms with Gasteiger partial charge in [-0.05, 0) is 17.3 Å². The lowest BCUT2D eigenvalue weighted by Gasteiger charge is -2.45. The number of aliphatic hydroxyl groups excluding tert-OH is 1. The third kappa shape index (κ3) is 8.06. The molecule has 2 fully saturated rings. The Hall–Kier alpha value is -2.99. The summed E-state index contributed by atoms with van der Waals surface area (Å²) in [5.74, 6) is -2.88. The van der Waals surface area contributed by atoms with Crippen LogP contribution in [0, 0.1) is 0 Å². The first-order chi connectivity index (χ1) is 19.1. The van der Waals surface area contributed by atoms with Crippen LogP contribution in [0.5, 0.6) is 0 Å². The van der Waals surface area contributed by atoms with Gasteiger partial charge in [-0.2, -0.15) is 18.4 Å². The zero-order valence-electron chi connectivity index (χ0n) is 21.2. The number of fused-ring (bicyclic) bond motifs is 1. The third-order valence-electron chi connectivity index (χ3n) is 6.04. The van der Waals surface area contributed by atoms with Gasteiger partial charge >= 0.3 is 12.1 Å². The van der Waals surface area contributed by atoms with Gasteiger partial charge in [0.15, 0.2) is 0 Å². The lowest BCUT2D eigenvalue weighted by molar-refractivity contribution is -0.192. The molecule has 2 atom stereocenters. The molecule has 22 heteroatoms. The molecule has 2 aliphatic heterocycles. The maximum Gasteiger partial charge on any atom is 0.490 e. The molecule has 1 aromatic heterocycles. The molecule has 0 aliphatic carbocycles. The van der Waals surface area contributed by atoms with E-state index in [1.54, 1.807) is 0 Å².